The molecule has 2 aromatic carbocycles. The van der Waals surface area contributed by atoms with Gasteiger partial charge in [-0.2, -0.15) is 0 Å². The number of benzene rings is 2. The van der Waals surface area contributed by atoms with E-state index in [1.165, 1.54) is 6.07 Å². The van der Waals surface area contributed by atoms with Crippen LogP contribution in [0.5, 0.6) is 5.88 Å². The van der Waals surface area contributed by atoms with E-state index in [0.717, 1.165) is 28.0 Å². The zero-order chi connectivity index (χ0) is 15.7. The number of halogens is 2. The van der Waals surface area contributed by atoms with E-state index in [1.54, 1.807) is 12.3 Å². The molecule has 0 unspecified atom stereocenters. The van der Waals surface area contributed by atoms with Gasteiger partial charge in [0.1, 0.15) is 0 Å². The molecule has 0 spiro atoms. The number of hydrogen-bond donors (Lipinski definition) is 0. The molecule has 0 bridgehead atoms. The Morgan fingerprint density at radius 2 is 1.91 bits per heavy atom. The van der Waals surface area contributed by atoms with Crippen LogP contribution >= 0.6 is 0 Å². The average molecular weight is 299 g/mol. The van der Waals surface area contributed by atoms with Gasteiger partial charge in [0, 0.05) is 17.1 Å². The standard InChI is InChI=1S/C18H15F2NO/c1-3-22-18-13-6-4-5-11(2)17(13)14(10-21-18)12-7-8-15(19)16(20)9-12/h4-10H,3H2,1-2H3. The van der Waals surface area contributed by atoms with Crippen molar-refractivity contribution in [1.82, 2.24) is 4.98 Å². The van der Waals surface area contributed by atoms with Gasteiger partial charge in [-0.05, 0) is 48.6 Å². The van der Waals surface area contributed by atoms with Gasteiger partial charge in [-0.25, -0.2) is 13.8 Å². The fourth-order valence-corrected chi connectivity index (χ4v) is 2.60. The van der Waals surface area contributed by atoms with Crippen molar-refractivity contribution in [3.63, 3.8) is 0 Å². The zero-order valence-corrected chi connectivity index (χ0v) is 12.4. The van der Waals surface area contributed by atoms with E-state index < -0.39 is 11.6 Å². The minimum Gasteiger partial charge on any atom is -0.478 e. The second-order valence-corrected chi connectivity index (χ2v) is 5.04. The number of ether oxygens (including phenoxy) is 1. The summed E-state index contributed by atoms with van der Waals surface area (Å²) in [6.07, 6.45) is 1.65. The van der Waals surface area contributed by atoms with Gasteiger partial charge in [0.15, 0.2) is 11.6 Å². The third kappa shape index (κ3) is 2.41. The minimum absolute atomic E-state index is 0.514. The fourth-order valence-electron chi connectivity index (χ4n) is 2.60. The predicted octanol–water partition coefficient (Wildman–Crippen LogP) is 4.89. The van der Waals surface area contributed by atoms with Crippen LogP contribution in [-0.4, -0.2) is 11.6 Å². The maximum Gasteiger partial charge on any atom is 0.221 e. The van der Waals surface area contributed by atoms with Crippen LogP contribution in [0, 0.1) is 18.6 Å². The lowest BCUT2D eigenvalue weighted by Gasteiger charge is -2.13. The van der Waals surface area contributed by atoms with Crippen LogP contribution in [0.1, 0.15) is 12.5 Å². The number of pyridine rings is 1. The lowest BCUT2D eigenvalue weighted by Crippen LogP contribution is -1.97. The fraction of sp³-hybridized carbons (Fsp3) is 0.167. The molecule has 2 nitrogen and oxygen atoms in total. The normalized spacial score (nSPS) is 10.9. The molecule has 3 aromatic rings. The van der Waals surface area contributed by atoms with Crippen molar-refractivity contribution in [2.24, 2.45) is 0 Å². The van der Waals surface area contributed by atoms with Crippen molar-refractivity contribution >= 4 is 10.8 Å². The van der Waals surface area contributed by atoms with Gasteiger partial charge in [-0.1, -0.05) is 18.2 Å². The van der Waals surface area contributed by atoms with E-state index in [1.807, 2.05) is 32.0 Å². The van der Waals surface area contributed by atoms with E-state index in [2.05, 4.69) is 4.98 Å². The first-order valence-corrected chi connectivity index (χ1v) is 7.08. The summed E-state index contributed by atoms with van der Waals surface area (Å²) >= 11 is 0. The van der Waals surface area contributed by atoms with Gasteiger partial charge < -0.3 is 4.74 Å². The topological polar surface area (TPSA) is 22.1 Å². The first-order valence-electron chi connectivity index (χ1n) is 7.08. The largest absolute Gasteiger partial charge is 0.478 e. The summed E-state index contributed by atoms with van der Waals surface area (Å²) < 4.78 is 32.3. The highest BCUT2D eigenvalue weighted by atomic mass is 19.2. The minimum atomic E-state index is -0.867. The molecule has 0 saturated carbocycles. The molecule has 0 atom stereocenters. The van der Waals surface area contributed by atoms with Gasteiger partial charge in [-0.3, -0.25) is 0 Å². The van der Waals surface area contributed by atoms with E-state index in [0.29, 0.717) is 18.1 Å². The summed E-state index contributed by atoms with van der Waals surface area (Å²) in [6, 6.07) is 9.70. The second-order valence-electron chi connectivity index (χ2n) is 5.04. The van der Waals surface area contributed by atoms with Crippen LogP contribution < -0.4 is 4.74 Å². The second kappa shape index (κ2) is 5.72. The smallest absolute Gasteiger partial charge is 0.221 e. The van der Waals surface area contributed by atoms with Crippen LogP contribution in [0.3, 0.4) is 0 Å². The monoisotopic (exact) mass is 299 g/mol. The Balaban J connectivity index is 2.30. The third-order valence-electron chi connectivity index (χ3n) is 3.60. The molecule has 1 heterocycles. The number of hydrogen-bond acceptors (Lipinski definition) is 2. The highest BCUT2D eigenvalue weighted by Gasteiger charge is 2.13. The number of aryl methyl sites for hydroxylation is 1. The van der Waals surface area contributed by atoms with E-state index in [-0.39, 0.29) is 0 Å². The molecule has 0 aliphatic heterocycles. The van der Waals surface area contributed by atoms with Crippen LogP contribution in [0.15, 0.2) is 42.6 Å². The Hall–Kier alpha value is -2.49. The highest BCUT2D eigenvalue weighted by molar-refractivity contribution is 6.00. The SMILES string of the molecule is CCOc1ncc(-c2ccc(F)c(F)c2)c2c(C)cccc12. The molecule has 4 heteroatoms. The third-order valence-corrected chi connectivity index (χ3v) is 3.60. The number of nitrogens with zero attached hydrogens (tertiary/aromatic N) is 1. The van der Waals surface area contributed by atoms with E-state index in [9.17, 15) is 8.78 Å². The van der Waals surface area contributed by atoms with E-state index in [4.69, 9.17) is 4.74 Å². The van der Waals surface area contributed by atoms with Gasteiger partial charge >= 0.3 is 0 Å². The maximum absolute atomic E-state index is 13.5. The Kier molecular flexibility index (Phi) is 3.75. The van der Waals surface area contributed by atoms with Crippen LogP contribution in [-0.2, 0) is 0 Å². The molecule has 0 saturated heterocycles. The van der Waals surface area contributed by atoms with Gasteiger partial charge in [0.2, 0.25) is 5.88 Å². The summed E-state index contributed by atoms with van der Waals surface area (Å²) in [7, 11) is 0. The summed E-state index contributed by atoms with van der Waals surface area (Å²) in [5.74, 6) is -1.18. The summed E-state index contributed by atoms with van der Waals surface area (Å²) in [5, 5.41) is 1.80. The van der Waals surface area contributed by atoms with Gasteiger partial charge in [-0.15, -0.1) is 0 Å². The van der Waals surface area contributed by atoms with Crippen molar-refractivity contribution in [3.05, 3.63) is 59.8 Å². The van der Waals surface area contributed by atoms with Crippen molar-refractivity contribution in [1.29, 1.82) is 0 Å². The molecule has 0 radical (unpaired) electrons. The Bertz CT molecular complexity index is 846. The average Bonchev–Trinajstić information content (AvgIpc) is 2.51. The first-order chi connectivity index (χ1) is 10.6. The van der Waals surface area contributed by atoms with Crippen molar-refractivity contribution < 1.29 is 13.5 Å². The van der Waals surface area contributed by atoms with Crippen molar-refractivity contribution in [2.75, 3.05) is 6.61 Å². The molecule has 112 valence electrons. The molecule has 0 aliphatic carbocycles. The predicted molar refractivity (Wildman–Crippen MR) is 83.0 cm³/mol. The van der Waals surface area contributed by atoms with Crippen LogP contribution in [0.4, 0.5) is 8.78 Å². The number of fused-ring (bicyclic) bond motifs is 1. The van der Waals surface area contributed by atoms with Crippen molar-refractivity contribution in [3.8, 4) is 17.0 Å². The molecule has 0 N–H and O–H groups in total. The van der Waals surface area contributed by atoms with Gasteiger partial charge in [0.05, 0.1) is 6.61 Å². The molecule has 0 fully saturated rings. The van der Waals surface area contributed by atoms with Crippen LogP contribution in [0.25, 0.3) is 21.9 Å². The first kappa shape index (κ1) is 14.4. The molecule has 22 heavy (non-hydrogen) atoms. The molecule has 0 aliphatic rings. The molecule has 1 aromatic heterocycles. The molecule has 3 rings (SSSR count). The number of aromatic nitrogens is 1. The Morgan fingerprint density at radius 1 is 1.09 bits per heavy atom. The van der Waals surface area contributed by atoms with Gasteiger partial charge in [0.25, 0.3) is 0 Å². The summed E-state index contributed by atoms with van der Waals surface area (Å²) in [6.45, 7) is 4.38. The van der Waals surface area contributed by atoms with Crippen LogP contribution in [0.2, 0.25) is 0 Å². The quantitative estimate of drug-likeness (QED) is 0.687. The number of rotatable bonds is 3. The maximum atomic E-state index is 13.5. The lowest BCUT2D eigenvalue weighted by atomic mass is 9.97. The highest BCUT2D eigenvalue weighted by Crippen LogP contribution is 2.35. The molecular formula is C18H15F2NO. The van der Waals surface area contributed by atoms with Crippen molar-refractivity contribution in [2.45, 2.75) is 13.8 Å². The molecule has 0 amide bonds. The van der Waals surface area contributed by atoms with E-state index >= 15 is 0 Å². The Morgan fingerprint density at radius 3 is 2.64 bits per heavy atom. The molecular weight excluding hydrogens is 284 g/mol. The zero-order valence-electron chi connectivity index (χ0n) is 12.4. The summed E-state index contributed by atoms with van der Waals surface area (Å²) in [4.78, 5) is 4.33. The summed E-state index contributed by atoms with van der Waals surface area (Å²) in [5.41, 5.74) is 2.38. The Labute approximate surface area is 127 Å². The lowest BCUT2D eigenvalue weighted by molar-refractivity contribution is 0.331.